The lowest BCUT2D eigenvalue weighted by atomic mass is 10.6. The van der Waals surface area contributed by atoms with Crippen molar-refractivity contribution in [2.45, 2.75) is 6.92 Å². The van der Waals surface area contributed by atoms with Gasteiger partial charge in [-0.05, 0) is 6.92 Å². The number of hydrogen-bond donors (Lipinski definition) is 2. The third-order valence-corrected chi connectivity index (χ3v) is 1.64. The maximum atomic E-state index is 11.3. The lowest BCUT2D eigenvalue weighted by Crippen LogP contribution is -2.34. The van der Waals surface area contributed by atoms with Crippen LogP contribution in [-0.4, -0.2) is 39.9 Å². The number of ether oxygens (including phenoxy) is 1. The highest BCUT2D eigenvalue weighted by Gasteiger charge is 2.08. The molecule has 88 valence electrons. The first-order valence-corrected chi connectivity index (χ1v) is 4.68. The summed E-state index contributed by atoms with van der Waals surface area (Å²) in [4.78, 5) is 26.0. The van der Waals surface area contributed by atoms with Gasteiger partial charge in [0.2, 0.25) is 5.95 Å². The van der Waals surface area contributed by atoms with E-state index < -0.39 is 12.0 Å². The van der Waals surface area contributed by atoms with E-state index in [1.54, 1.807) is 14.0 Å². The summed E-state index contributed by atoms with van der Waals surface area (Å²) in [6.45, 7) is 1.79. The first kappa shape index (κ1) is 12.0. The highest BCUT2D eigenvalue weighted by Crippen LogP contribution is 1.96. The second-order valence-corrected chi connectivity index (χ2v) is 2.82. The van der Waals surface area contributed by atoms with Gasteiger partial charge in [0.25, 0.3) is 0 Å². The van der Waals surface area contributed by atoms with E-state index in [1.165, 1.54) is 11.0 Å². The first-order chi connectivity index (χ1) is 7.63. The fraction of sp³-hybridized carbons (Fsp3) is 0.500. The standard InChI is InChI=1S/C8H13N5O3/c1-3-16-6(14)4-9-8(15)12-7-10-5-11-13(7)2/h5H,3-4H2,1-2H3,(H2,9,10,11,12,15). The molecule has 0 aromatic carbocycles. The van der Waals surface area contributed by atoms with Gasteiger partial charge in [0, 0.05) is 7.05 Å². The van der Waals surface area contributed by atoms with E-state index in [0.29, 0.717) is 5.95 Å². The van der Waals surface area contributed by atoms with Crippen LogP contribution in [0.4, 0.5) is 10.7 Å². The summed E-state index contributed by atoms with van der Waals surface area (Å²) in [6, 6.07) is -0.538. The van der Waals surface area contributed by atoms with Crippen molar-refractivity contribution in [3.63, 3.8) is 0 Å². The van der Waals surface area contributed by atoms with E-state index in [-0.39, 0.29) is 13.2 Å². The molecule has 1 heterocycles. The molecule has 8 heteroatoms. The molecule has 0 saturated carbocycles. The lowest BCUT2D eigenvalue weighted by Gasteiger charge is -2.05. The molecule has 0 fully saturated rings. The molecule has 0 aliphatic heterocycles. The highest BCUT2D eigenvalue weighted by atomic mass is 16.5. The zero-order valence-electron chi connectivity index (χ0n) is 9.06. The molecule has 2 N–H and O–H groups in total. The van der Waals surface area contributed by atoms with Gasteiger partial charge < -0.3 is 10.1 Å². The number of anilines is 1. The van der Waals surface area contributed by atoms with Crippen molar-refractivity contribution in [1.29, 1.82) is 0 Å². The number of aryl methyl sites for hydroxylation is 1. The molecule has 1 aromatic heterocycles. The summed E-state index contributed by atoms with van der Waals surface area (Å²) < 4.78 is 6.03. The molecule has 16 heavy (non-hydrogen) atoms. The Hall–Kier alpha value is -2.12. The molecule has 0 aliphatic rings. The highest BCUT2D eigenvalue weighted by molar-refractivity contribution is 5.89. The minimum absolute atomic E-state index is 0.183. The summed E-state index contributed by atoms with van der Waals surface area (Å²) in [7, 11) is 1.63. The Labute approximate surface area is 92.0 Å². The van der Waals surface area contributed by atoms with Crippen LogP contribution in [0.25, 0.3) is 0 Å². The molecule has 2 amide bonds. The molecule has 0 saturated heterocycles. The third kappa shape index (κ3) is 3.56. The monoisotopic (exact) mass is 227 g/mol. The van der Waals surface area contributed by atoms with Crippen molar-refractivity contribution < 1.29 is 14.3 Å². The molecule has 0 spiro atoms. The van der Waals surface area contributed by atoms with E-state index in [1.807, 2.05) is 0 Å². The van der Waals surface area contributed by atoms with Gasteiger partial charge in [0.1, 0.15) is 12.9 Å². The second kappa shape index (κ2) is 5.69. The Bertz CT molecular complexity index is 376. The predicted molar refractivity (Wildman–Crippen MR) is 54.7 cm³/mol. The van der Waals surface area contributed by atoms with Crippen molar-refractivity contribution in [2.24, 2.45) is 7.05 Å². The summed E-state index contributed by atoms with van der Waals surface area (Å²) >= 11 is 0. The zero-order valence-corrected chi connectivity index (χ0v) is 9.06. The van der Waals surface area contributed by atoms with Gasteiger partial charge in [-0.3, -0.25) is 10.1 Å². The molecule has 0 aliphatic carbocycles. The average molecular weight is 227 g/mol. The number of nitrogens with one attached hydrogen (secondary N) is 2. The van der Waals surface area contributed by atoms with Crippen LogP contribution in [0.15, 0.2) is 6.33 Å². The molecular weight excluding hydrogens is 214 g/mol. The SMILES string of the molecule is CCOC(=O)CNC(=O)Nc1ncnn1C. The largest absolute Gasteiger partial charge is 0.465 e. The van der Waals surface area contributed by atoms with Crippen molar-refractivity contribution in [3.8, 4) is 0 Å². The number of esters is 1. The average Bonchev–Trinajstić information content (AvgIpc) is 2.62. The van der Waals surface area contributed by atoms with Gasteiger partial charge in [-0.15, -0.1) is 0 Å². The summed E-state index contributed by atoms with van der Waals surface area (Å²) in [5.74, 6) is -0.197. The quantitative estimate of drug-likeness (QED) is 0.676. The van der Waals surface area contributed by atoms with E-state index in [2.05, 4.69) is 25.5 Å². The van der Waals surface area contributed by atoms with Crippen LogP contribution in [0.3, 0.4) is 0 Å². The van der Waals surface area contributed by atoms with E-state index in [9.17, 15) is 9.59 Å². The number of rotatable bonds is 4. The van der Waals surface area contributed by atoms with Gasteiger partial charge in [0.15, 0.2) is 0 Å². The Kier molecular flexibility index (Phi) is 4.25. The number of aromatic nitrogens is 3. The van der Waals surface area contributed by atoms with Gasteiger partial charge in [0.05, 0.1) is 6.61 Å². The zero-order chi connectivity index (χ0) is 12.0. The minimum Gasteiger partial charge on any atom is -0.465 e. The minimum atomic E-state index is -0.538. The van der Waals surface area contributed by atoms with Crippen LogP contribution in [-0.2, 0) is 16.6 Å². The first-order valence-electron chi connectivity index (χ1n) is 4.68. The lowest BCUT2D eigenvalue weighted by molar-refractivity contribution is -0.141. The van der Waals surface area contributed by atoms with Crippen LogP contribution in [0.2, 0.25) is 0 Å². The summed E-state index contributed by atoms with van der Waals surface area (Å²) in [5, 5.41) is 8.51. The van der Waals surface area contributed by atoms with Crippen LogP contribution in [0.1, 0.15) is 6.92 Å². The van der Waals surface area contributed by atoms with Gasteiger partial charge in [-0.1, -0.05) is 0 Å². The predicted octanol–water partition coefficient (Wildman–Crippen LogP) is -0.500. The van der Waals surface area contributed by atoms with E-state index in [0.717, 1.165) is 0 Å². The number of amides is 2. The Morgan fingerprint density at radius 2 is 2.31 bits per heavy atom. The van der Waals surface area contributed by atoms with Gasteiger partial charge in [-0.25, -0.2) is 9.48 Å². The summed E-state index contributed by atoms with van der Waals surface area (Å²) in [6.07, 6.45) is 1.31. The number of carbonyl (C=O) groups excluding carboxylic acids is 2. The molecule has 0 atom stereocenters. The Morgan fingerprint density at radius 1 is 1.56 bits per heavy atom. The maximum absolute atomic E-state index is 11.3. The van der Waals surface area contributed by atoms with E-state index in [4.69, 9.17) is 0 Å². The Morgan fingerprint density at radius 3 is 2.88 bits per heavy atom. The molecule has 8 nitrogen and oxygen atoms in total. The normalized spacial score (nSPS) is 9.62. The molecular formula is C8H13N5O3. The van der Waals surface area contributed by atoms with E-state index >= 15 is 0 Å². The fourth-order valence-corrected chi connectivity index (χ4v) is 0.920. The van der Waals surface area contributed by atoms with Crippen molar-refractivity contribution in [3.05, 3.63) is 6.33 Å². The number of carbonyl (C=O) groups is 2. The molecule has 1 aromatic rings. The van der Waals surface area contributed by atoms with Crippen LogP contribution in [0, 0.1) is 0 Å². The number of nitrogens with zero attached hydrogens (tertiary/aromatic N) is 3. The fourth-order valence-electron chi connectivity index (χ4n) is 0.920. The van der Waals surface area contributed by atoms with Gasteiger partial charge >= 0.3 is 12.0 Å². The molecule has 0 unspecified atom stereocenters. The number of urea groups is 1. The van der Waals surface area contributed by atoms with Gasteiger partial charge in [-0.2, -0.15) is 10.1 Å². The van der Waals surface area contributed by atoms with Crippen molar-refractivity contribution >= 4 is 17.9 Å². The van der Waals surface area contributed by atoms with Crippen LogP contribution in [0.5, 0.6) is 0 Å². The van der Waals surface area contributed by atoms with Crippen molar-refractivity contribution in [1.82, 2.24) is 20.1 Å². The smallest absolute Gasteiger partial charge is 0.325 e. The number of hydrogen-bond acceptors (Lipinski definition) is 5. The second-order valence-electron chi connectivity index (χ2n) is 2.82. The molecule has 1 rings (SSSR count). The Balaban J connectivity index is 2.32. The summed E-state index contributed by atoms with van der Waals surface area (Å²) in [5.41, 5.74) is 0. The maximum Gasteiger partial charge on any atom is 0.325 e. The molecule has 0 radical (unpaired) electrons. The topological polar surface area (TPSA) is 98.1 Å². The van der Waals surface area contributed by atoms with Crippen LogP contribution >= 0.6 is 0 Å². The third-order valence-electron chi connectivity index (χ3n) is 1.64. The molecule has 0 bridgehead atoms. The van der Waals surface area contributed by atoms with Crippen LogP contribution < -0.4 is 10.6 Å². The van der Waals surface area contributed by atoms with Crippen molar-refractivity contribution in [2.75, 3.05) is 18.5 Å².